The standard InChI is InChI=1S/C22H22ClN5O5/c1-13(2)8-9-27-20(29)18-19(28(22(27)31)16-7-5-4-6-14(16)23)24-12-26(18)10-17-25-15(11-33-17)21(30)32-3/h4-7,11-13H,8-10H2,1-3H3. The molecule has 4 aromatic rings. The Balaban J connectivity index is 1.91. The number of rotatable bonds is 7. The van der Waals surface area contributed by atoms with Crippen molar-refractivity contribution in [1.29, 1.82) is 0 Å². The Hall–Kier alpha value is -3.66. The normalized spacial score (nSPS) is 11.4. The molecule has 0 N–H and O–H groups in total. The summed E-state index contributed by atoms with van der Waals surface area (Å²) in [5.41, 5.74) is -0.206. The van der Waals surface area contributed by atoms with Gasteiger partial charge in [0, 0.05) is 6.54 Å². The highest BCUT2D eigenvalue weighted by atomic mass is 35.5. The average Bonchev–Trinajstić information content (AvgIpc) is 3.42. The summed E-state index contributed by atoms with van der Waals surface area (Å²) in [6, 6.07) is 6.86. The van der Waals surface area contributed by atoms with Crippen molar-refractivity contribution in [2.24, 2.45) is 5.92 Å². The first kappa shape index (κ1) is 22.5. The zero-order valence-electron chi connectivity index (χ0n) is 18.3. The second kappa shape index (κ2) is 9.07. The summed E-state index contributed by atoms with van der Waals surface area (Å²) in [7, 11) is 1.24. The van der Waals surface area contributed by atoms with Crippen molar-refractivity contribution in [2.75, 3.05) is 7.11 Å². The quantitative estimate of drug-likeness (QED) is 0.381. The van der Waals surface area contributed by atoms with E-state index in [9.17, 15) is 14.4 Å². The minimum absolute atomic E-state index is 0.0132. The van der Waals surface area contributed by atoms with Crippen molar-refractivity contribution in [1.82, 2.24) is 23.7 Å². The Bertz CT molecular complexity index is 1450. The number of aromatic nitrogens is 5. The molecule has 33 heavy (non-hydrogen) atoms. The van der Waals surface area contributed by atoms with E-state index in [1.54, 1.807) is 24.3 Å². The number of benzene rings is 1. The molecule has 3 aromatic heterocycles. The van der Waals surface area contributed by atoms with Crippen LogP contribution in [-0.4, -0.2) is 36.7 Å². The van der Waals surface area contributed by atoms with Crippen molar-refractivity contribution in [3.8, 4) is 5.69 Å². The van der Waals surface area contributed by atoms with Crippen molar-refractivity contribution >= 4 is 28.7 Å². The van der Waals surface area contributed by atoms with E-state index in [2.05, 4.69) is 14.7 Å². The Kier molecular flexibility index (Phi) is 6.19. The molecule has 10 nitrogen and oxygen atoms in total. The van der Waals surface area contributed by atoms with E-state index in [0.29, 0.717) is 17.1 Å². The second-order valence-corrected chi connectivity index (χ2v) is 8.28. The van der Waals surface area contributed by atoms with Crippen molar-refractivity contribution in [3.05, 3.63) is 74.3 Å². The average molecular weight is 472 g/mol. The molecule has 172 valence electrons. The zero-order valence-corrected chi connectivity index (χ0v) is 19.1. The second-order valence-electron chi connectivity index (χ2n) is 7.87. The van der Waals surface area contributed by atoms with Crippen LogP contribution in [0.3, 0.4) is 0 Å². The molecule has 0 saturated heterocycles. The first-order valence-electron chi connectivity index (χ1n) is 10.3. The summed E-state index contributed by atoms with van der Waals surface area (Å²) in [6.07, 6.45) is 3.24. The predicted molar refractivity (Wildman–Crippen MR) is 121 cm³/mol. The number of oxazole rings is 1. The molecule has 0 saturated carbocycles. The summed E-state index contributed by atoms with van der Waals surface area (Å²) in [5, 5.41) is 0.347. The maximum atomic E-state index is 13.4. The molecule has 4 rings (SSSR count). The molecular weight excluding hydrogens is 450 g/mol. The van der Waals surface area contributed by atoms with Crippen LogP contribution >= 0.6 is 11.6 Å². The number of ether oxygens (including phenoxy) is 1. The molecule has 0 aliphatic carbocycles. The molecule has 0 aliphatic heterocycles. The monoisotopic (exact) mass is 471 g/mol. The fourth-order valence-electron chi connectivity index (χ4n) is 3.46. The number of hydrogen-bond acceptors (Lipinski definition) is 7. The van der Waals surface area contributed by atoms with Gasteiger partial charge in [-0.25, -0.2) is 24.1 Å². The summed E-state index contributed by atoms with van der Waals surface area (Å²) in [4.78, 5) is 46.9. The first-order valence-corrected chi connectivity index (χ1v) is 10.7. The number of carbonyl (C=O) groups is 1. The van der Waals surface area contributed by atoms with Gasteiger partial charge in [0.2, 0.25) is 5.89 Å². The molecule has 0 amide bonds. The number of nitrogens with zero attached hydrogens (tertiary/aromatic N) is 5. The molecular formula is C22H22ClN5O5. The Morgan fingerprint density at radius 2 is 2.00 bits per heavy atom. The Morgan fingerprint density at radius 3 is 2.70 bits per heavy atom. The first-order chi connectivity index (χ1) is 15.8. The van der Waals surface area contributed by atoms with E-state index >= 15 is 0 Å². The molecule has 0 unspecified atom stereocenters. The maximum absolute atomic E-state index is 13.4. The van der Waals surface area contributed by atoms with Crippen LogP contribution in [0.4, 0.5) is 0 Å². The number of fused-ring (bicyclic) bond motifs is 1. The van der Waals surface area contributed by atoms with E-state index in [4.69, 9.17) is 16.0 Å². The summed E-state index contributed by atoms with van der Waals surface area (Å²) in [5.74, 6) is -0.169. The van der Waals surface area contributed by atoms with Crippen molar-refractivity contribution in [3.63, 3.8) is 0 Å². The SMILES string of the molecule is COC(=O)c1coc(Cn2cnc3c2c(=O)n(CCC(C)C)c(=O)n3-c2ccccc2Cl)n1. The van der Waals surface area contributed by atoms with Crippen LogP contribution in [0.1, 0.15) is 36.6 Å². The van der Waals surface area contributed by atoms with Gasteiger partial charge in [0.1, 0.15) is 12.8 Å². The van der Waals surface area contributed by atoms with Gasteiger partial charge < -0.3 is 13.7 Å². The van der Waals surface area contributed by atoms with Crippen molar-refractivity contribution in [2.45, 2.75) is 33.4 Å². The number of hydrogen-bond donors (Lipinski definition) is 0. The predicted octanol–water partition coefficient (Wildman–Crippen LogP) is 2.87. The topological polar surface area (TPSA) is 114 Å². The molecule has 3 heterocycles. The van der Waals surface area contributed by atoms with Crippen LogP contribution in [0.25, 0.3) is 16.9 Å². The van der Waals surface area contributed by atoms with Gasteiger partial charge in [-0.3, -0.25) is 9.36 Å². The van der Waals surface area contributed by atoms with Gasteiger partial charge in [0.15, 0.2) is 16.9 Å². The molecule has 1 aromatic carbocycles. The Morgan fingerprint density at radius 1 is 1.24 bits per heavy atom. The van der Waals surface area contributed by atoms with Gasteiger partial charge in [0.25, 0.3) is 5.56 Å². The molecule has 0 aliphatic rings. The molecule has 0 bridgehead atoms. The third-order valence-corrected chi connectivity index (χ3v) is 5.50. The molecule has 0 spiro atoms. The van der Waals surface area contributed by atoms with Gasteiger partial charge in [-0.15, -0.1) is 0 Å². The molecule has 0 radical (unpaired) electrons. The van der Waals surface area contributed by atoms with Crippen LogP contribution in [0.15, 0.2) is 50.9 Å². The van der Waals surface area contributed by atoms with E-state index in [1.807, 2.05) is 13.8 Å². The zero-order chi connectivity index (χ0) is 23.7. The molecule has 11 heteroatoms. The lowest BCUT2D eigenvalue weighted by Gasteiger charge is -2.14. The summed E-state index contributed by atoms with van der Waals surface area (Å²) in [6.45, 7) is 4.30. The summed E-state index contributed by atoms with van der Waals surface area (Å²) < 4.78 is 14.1. The van der Waals surface area contributed by atoms with E-state index < -0.39 is 17.2 Å². The highest BCUT2D eigenvalue weighted by Crippen LogP contribution is 2.21. The lowest BCUT2D eigenvalue weighted by molar-refractivity contribution is 0.0594. The third kappa shape index (κ3) is 4.21. The van der Waals surface area contributed by atoms with Crippen LogP contribution in [0.5, 0.6) is 0 Å². The molecule has 0 atom stereocenters. The van der Waals surface area contributed by atoms with Gasteiger partial charge >= 0.3 is 11.7 Å². The van der Waals surface area contributed by atoms with Crippen LogP contribution in [0, 0.1) is 5.92 Å². The highest BCUT2D eigenvalue weighted by molar-refractivity contribution is 6.32. The summed E-state index contributed by atoms with van der Waals surface area (Å²) >= 11 is 6.38. The lowest BCUT2D eigenvalue weighted by atomic mass is 10.1. The lowest BCUT2D eigenvalue weighted by Crippen LogP contribution is -2.40. The highest BCUT2D eigenvalue weighted by Gasteiger charge is 2.22. The van der Waals surface area contributed by atoms with E-state index in [1.165, 1.54) is 33.4 Å². The van der Waals surface area contributed by atoms with Crippen LogP contribution in [0.2, 0.25) is 5.02 Å². The smallest absolute Gasteiger partial charge is 0.360 e. The van der Waals surface area contributed by atoms with Gasteiger partial charge in [0.05, 0.1) is 24.1 Å². The largest absolute Gasteiger partial charge is 0.464 e. The van der Waals surface area contributed by atoms with E-state index in [0.717, 1.165) is 0 Å². The number of imidazole rings is 1. The van der Waals surface area contributed by atoms with Gasteiger partial charge in [-0.05, 0) is 24.5 Å². The number of carbonyl (C=O) groups excluding carboxylic acids is 1. The third-order valence-electron chi connectivity index (χ3n) is 5.18. The van der Waals surface area contributed by atoms with Gasteiger partial charge in [-0.2, -0.15) is 0 Å². The van der Waals surface area contributed by atoms with Crippen LogP contribution < -0.4 is 11.2 Å². The van der Waals surface area contributed by atoms with Crippen LogP contribution in [-0.2, 0) is 17.8 Å². The minimum atomic E-state index is -0.635. The maximum Gasteiger partial charge on any atom is 0.360 e. The number of methoxy groups -OCH3 is 1. The fraction of sp³-hybridized carbons (Fsp3) is 0.318. The molecule has 0 fully saturated rings. The number of halogens is 1. The minimum Gasteiger partial charge on any atom is -0.464 e. The number of para-hydroxylation sites is 1. The fourth-order valence-corrected chi connectivity index (χ4v) is 3.68. The van der Waals surface area contributed by atoms with Crippen molar-refractivity contribution < 1.29 is 13.9 Å². The Labute approximate surface area is 193 Å². The van der Waals surface area contributed by atoms with E-state index in [-0.39, 0.29) is 41.8 Å². The number of esters is 1. The van der Waals surface area contributed by atoms with Gasteiger partial charge in [-0.1, -0.05) is 37.6 Å².